The molecule has 0 N–H and O–H groups in total. The molecule has 2 aromatic carbocycles. The zero-order valence-corrected chi connectivity index (χ0v) is 19.3. The van der Waals surface area contributed by atoms with E-state index in [-0.39, 0.29) is 11.6 Å². The fraction of sp³-hybridized carbons (Fsp3) is 0.333. The molecular formula is C24H26N4O4S. The summed E-state index contributed by atoms with van der Waals surface area (Å²) in [4.78, 5) is 32.4. The molecule has 0 aliphatic carbocycles. The van der Waals surface area contributed by atoms with Crippen LogP contribution < -0.4 is 4.90 Å². The smallest absolute Gasteiger partial charge is 0.269 e. The normalized spacial score (nSPS) is 14.7. The van der Waals surface area contributed by atoms with E-state index in [1.54, 1.807) is 23.1 Å². The van der Waals surface area contributed by atoms with Crippen LogP contribution in [0.4, 0.5) is 10.8 Å². The van der Waals surface area contributed by atoms with Crippen molar-refractivity contribution < 1.29 is 14.5 Å². The van der Waals surface area contributed by atoms with Gasteiger partial charge in [0.1, 0.15) is 0 Å². The number of carbonyl (C=O) groups excluding carboxylic acids is 1. The Hall–Kier alpha value is -3.14. The first-order valence-corrected chi connectivity index (χ1v) is 11.7. The van der Waals surface area contributed by atoms with Gasteiger partial charge in [-0.15, -0.1) is 0 Å². The van der Waals surface area contributed by atoms with Gasteiger partial charge in [-0.2, -0.15) is 0 Å². The van der Waals surface area contributed by atoms with Crippen molar-refractivity contribution in [1.29, 1.82) is 0 Å². The van der Waals surface area contributed by atoms with E-state index in [0.29, 0.717) is 11.7 Å². The number of rotatable bonds is 8. The van der Waals surface area contributed by atoms with Crippen molar-refractivity contribution in [3.05, 3.63) is 69.8 Å². The summed E-state index contributed by atoms with van der Waals surface area (Å²) in [6.45, 7) is 6.80. The zero-order chi connectivity index (χ0) is 23.2. The lowest BCUT2D eigenvalue weighted by Crippen LogP contribution is -2.39. The van der Waals surface area contributed by atoms with Crippen LogP contribution in [0.25, 0.3) is 16.3 Å². The maximum Gasteiger partial charge on any atom is 0.269 e. The number of nitrogens with zero attached hydrogens (tertiary/aromatic N) is 4. The van der Waals surface area contributed by atoms with Crippen molar-refractivity contribution in [2.75, 3.05) is 44.3 Å². The summed E-state index contributed by atoms with van der Waals surface area (Å²) in [6.07, 6.45) is 4.01. The van der Waals surface area contributed by atoms with Gasteiger partial charge in [0, 0.05) is 44.4 Å². The first-order valence-electron chi connectivity index (χ1n) is 10.9. The van der Waals surface area contributed by atoms with Crippen molar-refractivity contribution >= 4 is 44.4 Å². The molecule has 1 aromatic heterocycles. The van der Waals surface area contributed by atoms with Gasteiger partial charge < -0.3 is 4.74 Å². The monoisotopic (exact) mass is 466 g/mol. The molecule has 3 aromatic rings. The molecule has 1 saturated heterocycles. The van der Waals surface area contributed by atoms with Crippen LogP contribution in [0.1, 0.15) is 17.5 Å². The highest BCUT2D eigenvalue weighted by Crippen LogP contribution is 2.30. The molecule has 4 rings (SSSR count). The Morgan fingerprint density at radius 2 is 2.00 bits per heavy atom. The van der Waals surface area contributed by atoms with Gasteiger partial charge in [0.2, 0.25) is 0 Å². The van der Waals surface area contributed by atoms with Gasteiger partial charge in [-0.05, 0) is 54.8 Å². The summed E-state index contributed by atoms with van der Waals surface area (Å²) in [6, 6.07) is 12.2. The van der Waals surface area contributed by atoms with Gasteiger partial charge in [-0.1, -0.05) is 17.4 Å². The Morgan fingerprint density at radius 3 is 2.73 bits per heavy atom. The predicted molar refractivity (Wildman–Crippen MR) is 131 cm³/mol. The highest BCUT2D eigenvalue weighted by molar-refractivity contribution is 7.22. The molecule has 0 bridgehead atoms. The Bertz CT molecular complexity index is 1150. The summed E-state index contributed by atoms with van der Waals surface area (Å²) in [5.74, 6) is -0.161. The fourth-order valence-corrected chi connectivity index (χ4v) is 4.77. The molecule has 1 aliphatic heterocycles. The highest BCUT2D eigenvalue weighted by Gasteiger charge is 2.19. The van der Waals surface area contributed by atoms with E-state index in [1.807, 2.05) is 19.1 Å². The maximum absolute atomic E-state index is 13.2. The number of hydrogen-bond donors (Lipinski definition) is 0. The van der Waals surface area contributed by atoms with Crippen molar-refractivity contribution in [2.24, 2.45) is 0 Å². The van der Waals surface area contributed by atoms with Gasteiger partial charge in [0.25, 0.3) is 11.6 Å². The number of non-ortho nitro benzene ring substituents is 1. The van der Waals surface area contributed by atoms with E-state index in [0.717, 1.165) is 60.6 Å². The average Bonchev–Trinajstić information content (AvgIpc) is 3.24. The Morgan fingerprint density at radius 1 is 1.24 bits per heavy atom. The van der Waals surface area contributed by atoms with Crippen LogP contribution in [0.2, 0.25) is 0 Å². The molecule has 0 atom stereocenters. The van der Waals surface area contributed by atoms with Crippen LogP contribution in [0.15, 0.2) is 48.5 Å². The number of nitro benzene ring substituents is 1. The lowest BCUT2D eigenvalue weighted by Gasteiger charge is -2.27. The Balaban J connectivity index is 1.51. The molecular weight excluding hydrogens is 440 g/mol. The highest BCUT2D eigenvalue weighted by atomic mass is 32.1. The molecule has 1 amide bonds. The summed E-state index contributed by atoms with van der Waals surface area (Å²) in [7, 11) is 0. The predicted octanol–water partition coefficient (Wildman–Crippen LogP) is 4.28. The first-order chi connectivity index (χ1) is 16.0. The standard InChI is InChI=1S/C24H26N4O4S/c1-18-3-9-21-22(17-18)33-24(25-21)27(12-2-11-26-13-15-32-16-14-26)23(29)10-6-19-4-7-20(8-5-19)28(30)31/h3-10,17H,2,11-16H2,1H3/b10-6+. The number of aromatic nitrogens is 1. The number of hydrogen-bond acceptors (Lipinski definition) is 7. The quantitative estimate of drug-likeness (QED) is 0.280. The minimum absolute atomic E-state index is 0.0213. The van der Waals surface area contributed by atoms with Crippen LogP contribution >= 0.6 is 11.3 Å². The second kappa shape index (κ2) is 10.7. The van der Waals surface area contributed by atoms with Gasteiger partial charge in [0.15, 0.2) is 5.13 Å². The number of amides is 1. The number of morpholine rings is 1. The lowest BCUT2D eigenvalue weighted by molar-refractivity contribution is -0.384. The molecule has 0 unspecified atom stereocenters. The van der Waals surface area contributed by atoms with Gasteiger partial charge >= 0.3 is 0 Å². The van der Waals surface area contributed by atoms with Crippen LogP contribution in [-0.4, -0.2) is 60.1 Å². The summed E-state index contributed by atoms with van der Waals surface area (Å²) >= 11 is 1.51. The minimum atomic E-state index is -0.441. The van der Waals surface area contributed by atoms with Crippen molar-refractivity contribution in [3.8, 4) is 0 Å². The molecule has 1 aliphatic rings. The van der Waals surface area contributed by atoms with E-state index in [4.69, 9.17) is 9.72 Å². The van der Waals surface area contributed by atoms with E-state index in [2.05, 4.69) is 11.0 Å². The number of ether oxygens (including phenoxy) is 1. The van der Waals surface area contributed by atoms with Crippen molar-refractivity contribution in [3.63, 3.8) is 0 Å². The zero-order valence-electron chi connectivity index (χ0n) is 18.5. The number of nitro groups is 1. The Kier molecular flexibility index (Phi) is 7.43. The number of fused-ring (bicyclic) bond motifs is 1. The van der Waals surface area contributed by atoms with Crippen molar-refractivity contribution in [1.82, 2.24) is 9.88 Å². The second-order valence-electron chi connectivity index (χ2n) is 7.95. The fourth-order valence-electron chi connectivity index (χ4n) is 3.68. The van der Waals surface area contributed by atoms with E-state index in [1.165, 1.54) is 29.5 Å². The van der Waals surface area contributed by atoms with Crippen molar-refractivity contribution in [2.45, 2.75) is 13.3 Å². The second-order valence-corrected chi connectivity index (χ2v) is 8.96. The molecule has 0 spiro atoms. The van der Waals surface area contributed by atoms with E-state index in [9.17, 15) is 14.9 Å². The summed E-state index contributed by atoms with van der Waals surface area (Å²) < 4.78 is 6.46. The van der Waals surface area contributed by atoms with Gasteiger partial charge in [-0.3, -0.25) is 24.7 Å². The molecule has 9 heteroatoms. The van der Waals surface area contributed by atoms with E-state index < -0.39 is 4.92 Å². The van der Waals surface area contributed by atoms with Gasteiger partial charge in [0.05, 0.1) is 28.4 Å². The summed E-state index contributed by atoms with van der Waals surface area (Å²) in [5, 5.41) is 11.5. The number of benzene rings is 2. The first kappa shape index (κ1) is 23.0. The molecule has 1 fully saturated rings. The number of anilines is 1. The molecule has 8 nitrogen and oxygen atoms in total. The number of thiazole rings is 1. The third kappa shape index (κ3) is 6.01. The third-order valence-electron chi connectivity index (χ3n) is 5.51. The summed E-state index contributed by atoms with van der Waals surface area (Å²) in [5.41, 5.74) is 2.78. The number of carbonyl (C=O) groups is 1. The van der Waals surface area contributed by atoms with Crippen LogP contribution in [-0.2, 0) is 9.53 Å². The topological polar surface area (TPSA) is 88.8 Å². The molecule has 0 radical (unpaired) electrons. The average molecular weight is 467 g/mol. The SMILES string of the molecule is Cc1ccc2nc(N(CCCN3CCOCC3)C(=O)/C=C/c3ccc([N+](=O)[O-])cc3)sc2c1. The van der Waals surface area contributed by atoms with E-state index >= 15 is 0 Å². The molecule has 2 heterocycles. The molecule has 33 heavy (non-hydrogen) atoms. The lowest BCUT2D eigenvalue weighted by atomic mass is 10.2. The number of aryl methyl sites for hydroxylation is 1. The minimum Gasteiger partial charge on any atom is -0.379 e. The Labute approximate surface area is 196 Å². The van der Waals surface area contributed by atoms with Gasteiger partial charge in [-0.25, -0.2) is 4.98 Å². The molecule has 172 valence electrons. The third-order valence-corrected chi connectivity index (χ3v) is 6.55. The molecule has 0 saturated carbocycles. The van der Waals surface area contributed by atoms with Crippen LogP contribution in [0.5, 0.6) is 0 Å². The largest absolute Gasteiger partial charge is 0.379 e. The maximum atomic E-state index is 13.2. The van der Waals surface area contributed by atoms with Crippen LogP contribution in [0.3, 0.4) is 0 Å². The van der Waals surface area contributed by atoms with Crippen LogP contribution in [0, 0.1) is 17.0 Å².